The lowest BCUT2D eigenvalue weighted by Crippen LogP contribution is -2.26. The zero-order valence-electron chi connectivity index (χ0n) is 8.33. The maximum absolute atomic E-state index is 11.5. The monoisotopic (exact) mass is 223 g/mol. The smallest absolute Gasteiger partial charge is 0.297 e. The van der Waals surface area contributed by atoms with E-state index in [1.54, 1.807) is 0 Å². The van der Waals surface area contributed by atoms with Gasteiger partial charge in [-0.3, -0.25) is 19.5 Å². The molecule has 0 aliphatic heterocycles. The zero-order valence-corrected chi connectivity index (χ0v) is 8.33. The average Bonchev–Trinajstić information content (AvgIpc) is 3.04. The van der Waals surface area contributed by atoms with Crippen molar-refractivity contribution >= 4 is 11.5 Å². The third kappa shape index (κ3) is 2.13. The number of nitrogens with zero attached hydrogens (tertiary/aromatic N) is 3. The van der Waals surface area contributed by atoms with Gasteiger partial charge in [0.2, 0.25) is 0 Å². The Morgan fingerprint density at radius 1 is 1.62 bits per heavy atom. The predicted molar refractivity (Wildman–Crippen MR) is 52.9 cm³/mol. The molecule has 1 aromatic heterocycles. The minimum Gasteiger partial charge on any atom is -0.297 e. The molecule has 1 aliphatic carbocycles. The van der Waals surface area contributed by atoms with Gasteiger partial charge in [0, 0.05) is 5.92 Å². The van der Waals surface area contributed by atoms with Crippen LogP contribution < -0.4 is 5.69 Å². The summed E-state index contributed by atoms with van der Waals surface area (Å²) in [6.07, 6.45) is 3.63. The summed E-state index contributed by atoms with van der Waals surface area (Å²) >= 11 is 0. The van der Waals surface area contributed by atoms with Gasteiger partial charge in [-0.25, -0.2) is 4.79 Å². The molecular formula is C9H9N3O4. The fraction of sp³-hybridized carbons (Fsp3) is 0.444. The van der Waals surface area contributed by atoms with Crippen LogP contribution in [-0.2, 0) is 11.3 Å². The van der Waals surface area contributed by atoms with Gasteiger partial charge in [-0.15, -0.1) is 0 Å². The second kappa shape index (κ2) is 3.84. The maximum atomic E-state index is 11.5. The van der Waals surface area contributed by atoms with Gasteiger partial charge >= 0.3 is 11.4 Å². The van der Waals surface area contributed by atoms with Gasteiger partial charge in [0.15, 0.2) is 5.78 Å². The van der Waals surface area contributed by atoms with E-state index in [1.807, 2.05) is 0 Å². The van der Waals surface area contributed by atoms with Crippen LogP contribution in [0.5, 0.6) is 0 Å². The number of rotatable bonds is 4. The first-order chi connectivity index (χ1) is 7.58. The zero-order chi connectivity index (χ0) is 11.7. The highest BCUT2D eigenvalue weighted by Gasteiger charge is 2.29. The quantitative estimate of drug-likeness (QED) is 0.534. The number of hydrogen-bond donors (Lipinski definition) is 0. The molecule has 1 aromatic rings. The first-order valence-corrected chi connectivity index (χ1v) is 4.81. The van der Waals surface area contributed by atoms with Crippen molar-refractivity contribution in [1.29, 1.82) is 0 Å². The standard InChI is InChI=1S/C9H9N3O4/c13-8(6-1-2-6)5-11-4-7(12(15)16)3-10-9(11)14/h3-4,6H,1-2,5H2. The first-order valence-electron chi connectivity index (χ1n) is 4.81. The van der Waals surface area contributed by atoms with Crippen LogP contribution in [0, 0.1) is 16.0 Å². The summed E-state index contributed by atoms with van der Waals surface area (Å²) in [6.45, 7) is -0.127. The van der Waals surface area contributed by atoms with E-state index >= 15 is 0 Å². The van der Waals surface area contributed by atoms with Crippen molar-refractivity contribution in [2.45, 2.75) is 19.4 Å². The van der Waals surface area contributed by atoms with E-state index in [4.69, 9.17) is 0 Å². The van der Waals surface area contributed by atoms with Crippen LogP contribution in [0.4, 0.5) is 5.69 Å². The van der Waals surface area contributed by atoms with Crippen LogP contribution in [0.1, 0.15) is 12.8 Å². The molecule has 1 aliphatic rings. The molecule has 7 heteroatoms. The van der Waals surface area contributed by atoms with Gasteiger partial charge in [-0.1, -0.05) is 0 Å². The first kappa shape index (κ1) is 10.5. The summed E-state index contributed by atoms with van der Waals surface area (Å²) in [7, 11) is 0. The van der Waals surface area contributed by atoms with Crippen LogP contribution in [-0.4, -0.2) is 20.3 Å². The molecule has 1 saturated carbocycles. The van der Waals surface area contributed by atoms with Gasteiger partial charge in [-0.05, 0) is 12.8 Å². The van der Waals surface area contributed by atoms with Crippen LogP contribution in [0.15, 0.2) is 17.2 Å². The molecule has 1 heterocycles. The van der Waals surface area contributed by atoms with Gasteiger partial charge in [0.25, 0.3) is 0 Å². The van der Waals surface area contributed by atoms with Crippen molar-refractivity contribution in [1.82, 2.24) is 9.55 Å². The van der Waals surface area contributed by atoms with Gasteiger partial charge in [0.1, 0.15) is 6.20 Å². The molecule has 0 saturated heterocycles. The SMILES string of the molecule is O=C(Cn1cc([N+](=O)[O-])cnc1=O)C1CC1. The Kier molecular flexibility index (Phi) is 2.51. The normalized spacial score (nSPS) is 14.8. The summed E-state index contributed by atoms with van der Waals surface area (Å²) in [4.78, 5) is 35.9. The molecule has 0 spiro atoms. The maximum Gasteiger partial charge on any atom is 0.348 e. The van der Waals surface area contributed by atoms with Crippen molar-refractivity contribution in [3.05, 3.63) is 33.0 Å². The summed E-state index contributed by atoms with van der Waals surface area (Å²) in [6, 6.07) is 0. The van der Waals surface area contributed by atoms with Crippen molar-refractivity contribution < 1.29 is 9.72 Å². The molecule has 1 fully saturated rings. The lowest BCUT2D eigenvalue weighted by molar-refractivity contribution is -0.385. The summed E-state index contributed by atoms with van der Waals surface area (Å²) in [5, 5.41) is 10.5. The van der Waals surface area contributed by atoms with E-state index in [2.05, 4.69) is 4.98 Å². The van der Waals surface area contributed by atoms with Crippen LogP contribution >= 0.6 is 0 Å². The number of carbonyl (C=O) groups is 1. The summed E-state index contributed by atoms with van der Waals surface area (Å²) < 4.78 is 0.985. The Bertz CT molecular complexity index is 504. The number of nitro groups is 1. The van der Waals surface area contributed by atoms with E-state index in [9.17, 15) is 19.7 Å². The number of Topliss-reactive ketones (excluding diaryl/α,β-unsaturated/α-hetero) is 1. The Hall–Kier alpha value is -2.05. The van der Waals surface area contributed by atoms with Gasteiger partial charge < -0.3 is 0 Å². The Labute approximate surface area is 89.9 Å². The second-order valence-electron chi connectivity index (χ2n) is 3.72. The summed E-state index contributed by atoms with van der Waals surface area (Å²) in [5.41, 5.74) is -0.928. The fourth-order valence-corrected chi connectivity index (χ4v) is 1.35. The number of hydrogen-bond acceptors (Lipinski definition) is 5. The topological polar surface area (TPSA) is 95.1 Å². The fourth-order valence-electron chi connectivity index (χ4n) is 1.35. The van der Waals surface area contributed by atoms with Crippen molar-refractivity contribution in [2.24, 2.45) is 5.92 Å². The molecule has 0 atom stereocenters. The minimum absolute atomic E-state index is 0.0196. The Morgan fingerprint density at radius 2 is 2.31 bits per heavy atom. The molecule has 0 aromatic carbocycles. The Balaban J connectivity index is 2.24. The number of carbonyl (C=O) groups excluding carboxylic acids is 1. The highest BCUT2D eigenvalue weighted by molar-refractivity contribution is 5.82. The molecule has 0 unspecified atom stereocenters. The molecule has 0 amide bonds. The van der Waals surface area contributed by atoms with Gasteiger partial charge in [-0.2, -0.15) is 4.98 Å². The molecule has 7 nitrogen and oxygen atoms in total. The largest absolute Gasteiger partial charge is 0.348 e. The summed E-state index contributed by atoms with van der Waals surface area (Å²) in [5.74, 6) is -0.0458. The third-order valence-corrected chi connectivity index (χ3v) is 2.41. The van der Waals surface area contributed by atoms with E-state index in [-0.39, 0.29) is 23.9 Å². The third-order valence-electron chi connectivity index (χ3n) is 2.41. The highest BCUT2D eigenvalue weighted by atomic mass is 16.6. The second-order valence-corrected chi connectivity index (χ2v) is 3.72. The van der Waals surface area contributed by atoms with Crippen molar-refractivity contribution in [2.75, 3.05) is 0 Å². The molecule has 0 N–H and O–H groups in total. The average molecular weight is 223 g/mol. The van der Waals surface area contributed by atoms with Crippen molar-refractivity contribution in [3.8, 4) is 0 Å². The van der Waals surface area contributed by atoms with Crippen molar-refractivity contribution in [3.63, 3.8) is 0 Å². The molecule has 0 radical (unpaired) electrons. The molecular weight excluding hydrogens is 214 g/mol. The number of aromatic nitrogens is 2. The van der Waals surface area contributed by atoms with Crippen LogP contribution in [0.2, 0.25) is 0 Å². The minimum atomic E-state index is -0.648. The van der Waals surface area contributed by atoms with Gasteiger partial charge in [0.05, 0.1) is 17.7 Å². The molecule has 84 valence electrons. The lowest BCUT2D eigenvalue weighted by atomic mass is 10.2. The van der Waals surface area contributed by atoms with E-state index in [1.165, 1.54) is 0 Å². The highest BCUT2D eigenvalue weighted by Crippen LogP contribution is 2.30. The van der Waals surface area contributed by atoms with E-state index in [0.29, 0.717) is 0 Å². The lowest BCUT2D eigenvalue weighted by Gasteiger charge is -2.02. The molecule has 0 bridgehead atoms. The predicted octanol–water partition coefficient (Wildman–Crippen LogP) is 0.131. The van der Waals surface area contributed by atoms with E-state index < -0.39 is 10.6 Å². The number of ketones is 1. The van der Waals surface area contributed by atoms with E-state index in [0.717, 1.165) is 29.8 Å². The molecule has 16 heavy (non-hydrogen) atoms. The molecule has 2 rings (SSSR count). The van der Waals surface area contributed by atoms with Crippen LogP contribution in [0.25, 0.3) is 0 Å². The van der Waals surface area contributed by atoms with Crippen LogP contribution in [0.3, 0.4) is 0 Å². The Morgan fingerprint density at radius 3 is 2.88 bits per heavy atom.